The highest BCUT2D eigenvalue weighted by atomic mass is 32.2. The summed E-state index contributed by atoms with van der Waals surface area (Å²) in [7, 11) is 0. The fourth-order valence-corrected chi connectivity index (χ4v) is 3.49. The van der Waals surface area contributed by atoms with E-state index in [1.807, 2.05) is 30.5 Å². The fraction of sp³-hybridized carbons (Fsp3) is 0.286. The molecule has 6 nitrogen and oxygen atoms in total. The Labute approximate surface area is 172 Å². The van der Waals surface area contributed by atoms with Gasteiger partial charge in [0, 0.05) is 35.7 Å². The molecule has 0 radical (unpaired) electrons. The third-order valence-electron chi connectivity index (χ3n) is 4.60. The lowest BCUT2D eigenvalue weighted by molar-refractivity contribution is -0.152. The summed E-state index contributed by atoms with van der Waals surface area (Å²) in [5.74, 6) is -2.33. The van der Waals surface area contributed by atoms with Gasteiger partial charge in [-0.25, -0.2) is 4.39 Å². The number of nitrogens with zero attached hydrogens (tertiary/aromatic N) is 1. The van der Waals surface area contributed by atoms with Gasteiger partial charge in [0.05, 0.1) is 5.92 Å². The number of esters is 1. The number of benzene rings is 2. The zero-order chi connectivity index (χ0) is 20.8. The molecule has 0 unspecified atom stereocenters. The molecule has 1 aliphatic rings. The lowest BCUT2D eigenvalue weighted by Crippen LogP contribution is -2.31. The van der Waals surface area contributed by atoms with Crippen molar-refractivity contribution in [3.63, 3.8) is 0 Å². The van der Waals surface area contributed by atoms with Crippen molar-refractivity contribution in [2.75, 3.05) is 24.3 Å². The maximum atomic E-state index is 13.5. The van der Waals surface area contributed by atoms with E-state index >= 15 is 0 Å². The Kier molecular flexibility index (Phi) is 6.87. The molecule has 1 aliphatic heterocycles. The van der Waals surface area contributed by atoms with E-state index in [-0.39, 0.29) is 25.4 Å². The standard InChI is InChI=1S/C21H21FN2O4S/c1-29-17-7-4-6-16(10-17)24-12-15(9-20(24)26)21(27)28-13-19(25)23-11-14-5-2-3-8-18(14)22/h2-8,10,15H,9,11-13H2,1H3,(H,23,25)/t15-/m0/s1. The molecule has 1 saturated heterocycles. The smallest absolute Gasteiger partial charge is 0.311 e. The lowest BCUT2D eigenvalue weighted by Gasteiger charge is -2.17. The van der Waals surface area contributed by atoms with Crippen molar-refractivity contribution in [3.8, 4) is 0 Å². The molecule has 0 saturated carbocycles. The van der Waals surface area contributed by atoms with Gasteiger partial charge in [-0.2, -0.15) is 0 Å². The maximum Gasteiger partial charge on any atom is 0.311 e. The van der Waals surface area contributed by atoms with Gasteiger partial charge >= 0.3 is 5.97 Å². The van der Waals surface area contributed by atoms with Crippen molar-refractivity contribution in [3.05, 3.63) is 59.9 Å². The van der Waals surface area contributed by atoms with Gasteiger partial charge in [-0.15, -0.1) is 11.8 Å². The largest absolute Gasteiger partial charge is 0.455 e. The Morgan fingerprint density at radius 2 is 2.03 bits per heavy atom. The summed E-state index contributed by atoms with van der Waals surface area (Å²) in [5, 5.41) is 2.51. The number of nitrogens with one attached hydrogen (secondary N) is 1. The summed E-state index contributed by atoms with van der Waals surface area (Å²) in [6.07, 6.45) is 1.99. The summed E-state index contributed by atoms with van der Waals surface area (Å²) in [6, 6.07) is 13.6. The molecule has 8 heteroatoms. The molecule has 1 atom stereocenters. The number of anilines is 1. The Hall–Kier alpha value is -2.87. The van der Waals surface area contributed by atoms with Crippen LogP contribution in [0.1, 0.15) is 12.0 Å². The second-order valence-electron chi connectivity index (χ2n) is 6.58. The minimum Gasteiger partial charge on any atom is -0.455 e. The van der Waals surface area contributed by atoms with Crippen molar-refractivity contribution >= 4 is 35.2 Å². The van der Waals surface area contributed by atoms with Crippen LogP contribution in [0.15, 0.2) is 53.4 Å². The molecular weight excluding hydrogens is 395 g/mol. The molecule has 2 amide bonds. The van der Waals surface area contributed by atoms with Crippen LogP contribution >= 0.6 is 11.8 Å². The van der Waals surface area contributed by atoms with E-state index in [1.165, 1.54) is 6.07 Å². The molecule has 2 aromatic rings. The van der Waals surface area contributed by atoms with Gasteiger partial charge in [-0.05, 0) is 30.5 Å². The summed E-state index contributed by atoms with van der Waals surface area (Å²) in [4.78, 5) is 39.1. The summed E-state index contributed by atoms with van der Waals surface area (Å²) >= 11 is 1.57. The zero-order valence-corrected chi connectivity index (χ0v) is 16.7. The topological polar surface area (TPSA) is 75.7 Å². The number of carbonyl (C=O) groups is 3. The average molecular weight is 416 g/mol. The maximum absolute atomic E-state index is 13.5. The molecule has 152 valence electrons. The molecule has 0 spiro atoms. The number of carbonyl (C=O) groups excluding carboxylic acids is 3. The first kappa shape index (κ1) is 20.9. The van der Waals surface area contributed by atoms with Gasteiger partial charge in [-0.1, -0.05) is 24.3 Å². The molecule has 1 fully saturated rings. The molecule has 0 bridgehead atoms. The van der Waals surface area contributed by atoms with Crippen molar-refractivity contribution in [1.29, 1.82) is 0 Å². The van der Waals surface area contributed by atoms with Gasteiger partial charge in [-0.3, -0.25) is 14.4 Å². The quantitative estimate of drug-likeness (QED) is 0.555. The Morgan fingerprint density at radius 3 is 2.79 bits per heavy atom. The minimum atomic E-state index is -0.625. The summed E-state index contributed by atoms with van der Waals surface area (Å²) in [5.41, 5.74) is 1.08. The normalized spacial score (nSPS) is 16.0. The van der Waals surface area contributed by atoms with Crippen LogP contribution in [-0.2, 0) is 25.7 Å². The lowest BCUT2D eigenvalue weighted by atomic mass is 10.1. The van der Waals surface area contributed by atoms with E-state index in [2.05, 4.69) is 5.32 Å². The van der Waals surface area contributed by atoms with Crippen LogP contribution in [-0.4, -0.2) is 37.2 Å². The van der Waals surface area contributed by atoms with Gasteiger partial charge in [0.15, 0.2) is 6.61 Å². The highest BCUT2D eigenvalue weighted by molar-refractivity contribution is 7.98. The second kappa shape index (κ2) is 9.56. The molecule has 0 aromatic heterocycles. The molecule has 29 heavy (non-hydrogen) atoms. The molecule has 2 aromatic carbocycles. The Balaban J connectivity index is 1.49. The monoisotopic (exact) mass is 416 g/mol. The number of amides is 2. The number of rotatable bonds is 7. The summed E-state index contributed by atoms with van der Waals surface area (Å²) in [6.45, 7) is -0.253. The second-order valence-corrected chi connectivity index (χ2v) is 7.46. The van der Waals surface area contributed by atoms with Gasteiger partial charge < -0.3 is 15.0 Å². The highest BCUT2D eigenvalue weighted by Crippen LogP contribution is 2.28. The van der Waals surface area contributed by atoms with Crippen LogP contribution in [0.2, 0.25) is 0 Å². The predicted molar refractivity (Wildman–Crippen MR) is 108 cm³/mol. The number of hydrogen-bond acceptors (Lipinski definition) is 5. The van der Waals surface area contributed by atoms with E-state index in [9.17, 15) is 18.8 Å². The number of thioether (sulfide) groups is 1. The molecule has 1 heterocycles. The minimum absolute atomic E-state index is 0.00449. The molecule has 3 rings (SSSR count). The first-order chi connectivity index (χ1) is 14.0. The van der Waals surface area contributed by atoms with Crippen LogP contribution in [0.25, 0.3) is 0 Å². The van der Waals surface area contributed by atoms with E-state index < -0.39 is 30.2 Å². The Morgan fingerprint density at radius 1 is 1.24 bits per heavy atom. The van der Waals surface area contributed by atoms with Crippen LogP contribution in [0, 0.1) is 11.7 Å². The van der Waals surface area contributed by atoms with Crippen LogP contribution in [0.5, 0.6) is 0 Å². The zero-order valence-electron chi connectivity index (χ0n) is 15.9. The molecule has 1 N–H and O–H groups in total. The number of hydrogen-bond donors (Lipinski definition) is 1. The first-order valence-electron chi connectivity index (χ1n) is 9.09. The molecular formula is C21H21FN2O4S. The van der Waals surface area contributed by atoms with Gasteiger partial charge in [0.1, 0.15) is 5.82 Å². The van der Waals surface area contributed by atoms with Gasteiger partial charge in [0.25, 0.3) is 5.91 Å². The third kappa shape index (κ3) is 5.35. The van der Waals surface area contributed by atoms with Gasteiger partial charge in [0.2, 0.25) is 5.91 Å². The third-order valence-corrected chi connectivity index (χ3v) is 5.33. The average Bonchev–Trinajstić information content (AvgIpc) is 3.13. The van der Waals surface area contributed by atoms with Crippen LogP contribution in [0.4, 0.5) is 10.1 Å². The summed E-state index contributed by atoms with van der Waals surface area (Å²) < 4.78 is 18.6. The van der Waals surface area contributed by atoms with Crippen molar-refractivity contribution in [2.24, 2.45) is 5.92 Å². The highest BCUT2D eigenvalue weighted by Gasteiger charge is 2.36. The Bertz CT molecular complexity index is 921. The van der Waals surface area contributed by atoms with E-state index in [0.717, 1.165) is 10.6 Å². The van der Waals surface area contributed by atoms with E-state index in [4.69, 9.17) is 4.74 Å². The first-order valence-corrected chi connectivity index (χ1v) is 10.3. The SMILES string of the molecule is CSc1cccc(N2C[C@@H](C(=O)OCC(=O)NCc3ccccc3F)CC2=O)c1. The van der Waals surface area contributed by atoms with Crippen molar-refractivity contribution in [2.45, 2.75) is 17.9 Å². The van der Waals surface area contributed by atoms with Crippen LogP contribution in [0.3, 0.4) is 0 Å². The number of ether oxygens (including phenoxy) is 1. The van der Waals surface area contributed by atoms with E-state index in [1.54, 1.807) is 34.9 Å². The van der Waals surface area contributed by atoms with Crippen molar-refractivity contribution in [1.82, 2.24) is 5.32 Å². The number of halogens is 1. The fourth-order valence-electron chi connectivity index (χ4n) is 3.03. The van der Waals surface area contributed by atoms with Crippen LogP contribution < -0.4 is 10.2 Å². The van der Waals surface area contributed by atoms with E-state index in [0.29, 0.717) is 5.56 Å². The van der Waals surface area contributed by atoms with Crippen molar-refractivity contribution < 1.29 is 23.5 Å². The predicted octanol–water partition coefficient (Wildman–Crippen LogP) is 2.76. The molecule has 0 aliphatic carbocycles.